The van der Waals surface area contributed by atoms with Crippen molar-refractivity contribution in [3.8, 4) is 0 Å². The van der Waals surface area contributed by atoms with Crippen molar-refractivity contribution in [3.05, 3.63) is 12.0 Å². The Bertz CT molecular complexity index is 794. The Morgan fingerprint density at radius 2 is 1.61 bits per heavy atom. The zero-order valence-corrected chi connectivity index (χ0v) is 26.9. The normalized spacial score (nSPS) is 27.4. The van der Waals surface area contributed by atoms with Gasteiger partial charge in [0.15, 0.2) is 0 Å². The molecule has 20 heteroatoms. The van der Waals surface area contributed by atoms with Gasteiger partial charge in [-0.15, -0.1) is 47.5 Å². The number of carbonyl (C=O) groups excluding carboxylic acids is 3. The molecule has 0 bridgehead atoms. The first-order chi connectivity index (χ1) is 17.9. The molecule has 0 radical (unpaired) electrons. The predicted molar refractivity (Wildman–Crippen MR) is 158 cm³/mol. The van der Waals surface area contributed by atoms with E-state index in [0.29, 0.717) is 12.3 Å². The van der Waals surface area contributed by atoms with Gasteiger partial charge >= 0.3 is 0 Å². The summed E-state index contributed by atoms with van der Waals surface area (Å²) in [5.74, 6) is -2.54. The van der Waals surface area contributed by atoms with Crippen LogP contribution in [-0.2, 0) is 24.6 Å². The van der Waals surface area contributed by atoms with Crippen LogP contribution in [-0.4, -0.2) is 122 Å². The molecule has 3 fully saturated rings. The number of rotatable bonds is 10. The van der Waals surface area contributed by atoms with Crippen LogP contribution < -0.4 is 31.3 Å². The summed E-state index contributed by atoms with van der Waals surface area (Å²) in [5.41, 5.74) is 0. The summed E-state index contributed by atoms with van der Waals surface area (Å²) in [6, 6.07) is -2.03. The summed E-state index contributed by atoms with van der Waals surface area (Å²) in [5, 5.41) is 73.8. The van der Waals surface area contributed by atoms with E-state index < -0.39 is 41.0 Å². The number of halogens is 1. The zero-order chi connectivity index (χ0) is 28.8. The largest absolute Gasteiger partial charge is 0.870 e. The molecule has 0 aromatic heterocycles. The lowest BCUT2D eigenvalue weighted by atomic mass is 10.1. The van der Waals surface area contributed by atoms with Gasteiger partial charge in [-0.25, -0.2) is 0 Å². The molecule has 3 aliphatic heterocycles. The Hall–Kier alpha value is -0.630. The zero-order valence-electron chi connectivity index (χ0n) is 22.0. The first-order valence-corrected chi connectivity index (χ1v) is 14.3. The number of aliphatic hydroxyl groups excluding tert-OH is 3. The first-order valence-electron chi connectivity index (χ1n) is 11.7. The van der Waals surface area contributed by atoms with Crippen molar-refractivity contribution < 1.29 is 71.1 Å². The molecule has 12 N–H and O–H groups in total. The van der Waals surface area contributed by atoms with E-state index in [1.54, 1.807) is 11.8 Å². The van der Waals surface area contributed by atoms with Crippen molar-refractivity contribution in [2.75, 3.05) is 50.2 Å². The Balaban J connectivity index is -0.000000510. The van der Waals surface area contributed by atoms with E-state index in [4.69, 9.17) is 20.1 Å². The highest BCUT2D eigenvalue weighted by atomic mass is 127. The number of hydrogen-bond acceptors (Lipinski definition) is 17. The average Bonchev–Trinajstić information content (AvgIpc) is 2.84. The van der Waals surface area contributed by atoms with E-state index >= 15 is 0 Å². The molecule has 1 spiro atoms. The maximum atomic E-state index is 10.4. The van der Waals surface area contributed by atoms with Crippen LogP contribution in [0.3, 0.4) is 0 Å². The number of carbonyl (C=O) groups is 3. The standard InChI is InChI=1S/2C7H13NO4S.C7H11NO3S.HI.2H2O/c9-2-1-7(12)4-8-5(3-13-7)6(10)11;9-2-1-5(10)3-8-6(4-13)7(11)12;9-6(10)5-3-12-7(4-8-5)1-2-11-7;;;/h5,8-9,12H,1-4H2,(H,10,11);3,6,8-10,13H,1-2,4H2,(H,11,12);5,8H,1-4H2,(H,9,10);1H;2*1H2/p-2. The highest BCUT2D eigenvalue weighted by molar-refractivity contribution is 14.0. The molecule has 0 amide bonds. The Morgan fingerprint density at radius 1 is 1.07 bits per heavy atom. The number of thiol groups is 1. The number of nitrogens with one attached hydrogen (secondary N) is 2. The van der Waals surface area contributed by atoms with Crippen molar-refractivity contribution in [3.63, 3.8) is 0 Å². The van der Waals surface area contributed by atoms with Gasteiger partial charge in [0, 0.05) is 56.2 Å². The maximum absolute atomic E-state index is 10.4. The smallest absolute Gasteiger partial charge is 0.147 e. The molecule has 0 aliphatic carbocycles. The van der Waals surface area contributed by atoms with Crippen LogP contribution in [0.15, 0.2) is 12.0 Å². The topological polar surface area (TPSA) is 314 Å². The number of hydrogen-bond donors (Lipinski definition) is 8. The van der Waals surface area contributed by atoms with E-state index in [1.165, 1.54) is 11.5 Å². The minimum atomic E-state index is -1.23. The molecule has 0 aromatic carbocycles. The second-order valence-electron chi connectivity index (χ2n) is 8.49. The molecule has 16 nitrogen and oxygen atoms in total. The molecule has 3 heterocycles. The summed E-state index contributed by atoms with van der Waals surface area (Å²) >= 11 is 6.52. The fraction of sp³-hybridized carbons (Fsp3) is 0.762. The van der Waals surface area contributed by atoms with Gasteiger partial charge in [0.2, 0.25) is 0 Å². The molecule has 5 atom stereocenters. The first kappa shape index (κ1) is 44.8. The van der Waals surface area contributed by atoms with E-state index in [9.17, 15) is 34.8 Å². The van der Waals surface area contributed by atoms with Crippen LogP contribution in [0.4, 0.5) is 0 Å². The van der Waals surface area contributed by atoms with Crippen LogP contribution in [0.25, 0.3) is 0 Å². The minimum Gasteiger partial charge on any atom is -0.870 e. The lowest BCUT2D eigenvalue weighted by Crippen LogP contribution is -2.89. The fourth-order valence-electron chi connectivity index (χ4n) is 3.12. The third-order valence-corrected chi connectivity index (χ3v) is 8.85. The Kier molecular flexibility index (Phi) is 25.0. The number of ether oxygens (including phenoxy) is 1. The molecule has 244 valence electrons. The van der Waals surface area contributed by atoms with Crippen molar-refractivity contribution in [1.29, 1.82) is 0 Å². The number of quaternary nitrogens is 1. The number of carboxylic acids is 3. The van der Waals surface area contributed by atoms with Crippen LogP contribution in [0, 0.1) is 0 Å². The van der Waals surface area contributed by atoms with Crippen LogP contribution in [0.5, 0.6) is 0 Å². The van der Waals surface area contributed by atoms with Crippen molar-refractivity contribution in [1.82, 2.24) is 10.6 Å². The van der Waals surface area contributed by atoms with Gasteiger partial charge in [-0.3, -0.25) is 0 Å². The second kappa shape index (κ2) is 22.8. The fourth-order valence-corrected chi connectivity index (χ4v) is 5.84. The quantitative estimate of drug-likeness (QED) is 0.0443. The van der Waals surface area contributed by atoms with Crippen LogP contribution >= 0.6 is 60.1 Å². The van der Waals surface area contributed by atoms with Gasteiger partial charge in [-0.05, 0) is 0 Å². The van der Waals surface area contributed by atoms with Crippen molar-refractivity contribution >= 4 is 78.0 Å². The predicted octanol–water partition coefficient (Wildman–Crippen LogP) is -7.03. The number of aliphatic hydroxyl groups is 4. The second-order valence-corrected chi connectivity index (χ2v) is 11.6. The average molecular weight is 766 g/mol. The van der Waals surface area contributed by atoms with E-state index in [-0.39, 0.29) is 89.7 Å². The number of β-amino-alcohol motifs (C(OH)–C–C–N with tert-alkyl or cyclic N) is 1. The number of nitrogens with two attached hydrogens (primary N) is 1. The van der Waals surface area contributed by atoms with Gasteiger partial charge in [-0.1, -0.05) is 0 Å². The number of carboxylic acid groups (broad SMARTS) is 3. The summed E-state index contributed by atoms with van der Waals surface area (Å²) < 4.78 is 5.37. The molecule has 41 heavy (non-hydrogen) atoms. The lowest BCUT2D eigenvalue weighted by molar-refractivity contribution is -0.618. The van der Waals surface area contributed by atoms with E-state index in [1.807, 2.05) is 0 Å². The highest BCUT2D eigenvalue weighted by Crippen LogP contribution is 2.39. The molecule has 3 rings (SSSR count). The third kappa shape index (κ3) is 16.7. The minimum absolute atomic E-state index is 0. The Morgan fingerprint density at radius 3 is 1.93 bits per heavy atom. The molecule has 0 aromatic rings. The summed E-state index contributed by atoms with van der Waals surface area (Å²) in [7, 11) is 0. The summed E-state index contributed by atoms with van der Waals surface area (Å²) in [4.78, 5) is 30.0. The van der Waals surface area contributed by atoms with E-state index in [2.05, 4.69) is 23.3 Å². The van der Waals surface area contributed by atoms with Crippen molar-refractivity contribution in [2.24, 2.45) is 0 Å². The number of aliphatic carboxylic acids is 3. The van der Waals surface area contributed by atoms with Gasteiger partial charge in [-0.2, -0.15) is 12.6 Å². The maximum Gasteiger partial charge on any atom is 0.147 e. The lowest BCUT2D eigenvalue weighted by Gasteiger charge is -2.46. The highest BCUT2D eigenvalue weighted by Gasteiger charge is 2.42. The van der Waals surface area contributed by atoms with Crippen molar-refractivity contribution in [2.45, 2.75) is 47.3 Å². The molecule has 0 saturated carbocycles. The summed E-state index contributed by atoms with van der Waals surface area (Å²) in [6.07, 6.45) is 2.62. The Labute approximate surface area is 268 Å². The summed E-state index contributed by atoms with van der Waals surface area (Å²) in [6.45, 7) is 1.30. The van der Waals surface area contributed by atoms with Gasteiger partial charge in [0.25, 0.3) is 0 Å². The van der Waals surface area contributed by atoms with Gasteiger partial charge < -0.3 is 81.8 Å². The molecular formula is C21H40IN3O13S3-2. The van der Waals surface area contributed by atoms with Crippen LogP contribution in [0.1, 0.15) is 19.3 Å². The SMILES string of the molecule is I.O=C([O-])C(CS)[NH2+]C=C(O)CCO.O=C([O-])C1CSC(O)(CCO)CN1.O=C([O-])C1CSC2(CCO2)CN1.[OH-].[OH3+]. The van der Waals surface area contributed by atoms with Gasteiger partial charge in [0.1, 0.15) is 33.8 Å². The van der Waals surface area contributed by atoms with Gasteiger partial charge in [0.05, 0.1) is 37.2 Å². The molecule has 5 unspecified atom stereocenters. The van der Waals surface area contributed by atoms with Crippen LogP contribution in [0.2, 0.25) is 0 Å². The van der Waals surface area contributed by atoms with E-state index in [0.717, 1.165) is 24.8 Å². The molecule has 3 aliphatic rings. The molecule has 3 saturated heterocycles. The molecular weight excluding hydrogens is 725 g/mol. The monoisotopic (exact) mass is 765 g/mol. The third-order valence-electron chi connectivity index (χ3n) is 5.58. The number of thioether (sulfide) groups is 2.